The molecule has 3 aromatic heterocycles. The van der Waals surface area contributed by atoms with Crippen LogP contribution in [-0.2, 0) is 24.2 Å². The summed E-state index contributed by atoms with van der Waals surface area (Å²) in [5.41, 5.74) is 3.79. The van der Waals surface area contributed by atoms with Crippen molar-refractivity contribution >= 4 is 44.4 Å². The monoisotopic (exact) mass is 679 g/mol. The number of amides is 1. The van der Waals surface area contributed by atoms with E-state index in [9.17, 15) is 23.2 Å². The van der Waals surface area contributed by atoms with E-state index in [2.05, 4.69) is 49.5 Å². The number of anilines is 1. The first-order valence-corrected chi connectivity index (χ1v) is 17.3. The Morgan fingerprint density at radius 3 is 2.50 bits per heavy atom. The fourth-order valence-corrected chi connectivity index (χ4v) is 8.51. The minimum Gasteiger partial charge on any atom is -0.444 e. The Hall–Kier alpha value is -3.89. The summed E-state index contributed by atoms with van der Waals surface area (Å²) in [7, 11) is 0. The second kappa shape index (κ2) is 11.9. The van der Waals surface area contributed by atoms with Crippen LogP contribution in [0.3, 0.4) is 0 Å². The van der Waals surface area contributed by atoms with Crippen molar-refractivity contribution in [3.8, 4) is 6.07 Å². The van der Waals surface area contributed by atoms with Crippen molar-refractivity contribution in [1.82, 2.24) is 24.3 Å². The fourth-order valence-electron chi connectivity index (χ4n) is 7.49. The second-order valence-electron chi connectivity index (χ2n) is 14.8. The van der Waals surface area contributed by atoms with Crippen molar-refractivity contribution in [2.24, 2.45) is 11.3 Å². The Bertz CT molecular complexity index is 1900. The van der Waals surface area contributed by atoms with E-state index in [1.165, 1.54) is 17.5 Å². The molecule has 1 spiro atoms. The highest BCUT2D eigenvalue weighted by Crippen LogP contribution is 2.45. The van der Waals surface area contributed by atoms with Gasteiger partial charge in [0.15, 0.2) is 0 Å². The number of ether oxygens (including phenoxy) is 1. The lowest BCUT2D eigenvalue weighted by Crippen LogP contribution is -2.60. The van der Waals surface area contributed by atoms with Gasteiger partial charge in [0.1, 0.15) is 34.3 Å². The van der Waals surface area contributed by atoms with Crippen molar-refractivity contribution in [3.05, 3.63) is 52.3 Å². The van der Waals surface area contributed by atoms with Gasteiger partial charge < -0.3 is 19.1 Å². The van der Waals surface area contributed by atoms with Gasteiger partial charge in [-0.1, -0.05) is 6.07 Å². The van der Waals surface area contributed by atoms with Crippen molar-refractivity contribution < 1.29 is 22.7 Å². The van der Waals surface area contributed by atoms with Crippen LogP contribution in [0.15, 0.2) is 30.6 Å². The van der Waals surface area contributed by atoms with Gasteiger partial charge in [-0.3, -0.25) is 4.90 Å². The number of carbonyl (C=O) groups is 1. The highest BCUT2D eigenvalue weighted by atomic mass is 32.1. The third-order valence-electron chi connectivity index (χ3n) is 10.0. The molecule has 3 saturated heterocycles. The summed E-state index contributed by atoms with van der Waals surface area (Å²) in [6.07, 6.45) is -1.91. The molecule has 0 atom stereocenters. The number of halogens is 3. The molecule has 0 aliphatic carbocycles. The van der Waals surface area contributed by atoms with Crippen LogP contribution >= 0.6 is 11.3 Å². The number of carbonyl (C=O) groups excluding carboxylic acids is 1. The maximum absolute atomic E-state index is 13.0. The Morgan fingerprint density at radius 1 is 1.10 bits per heavy atom. The van der Waals surface area contributed by atoms with Gasteiger partial charge in [0.2, 0.25) is 0 Å². The van der Waals surface area contributed by atoms with E-state index in [1.54, 1.807) is 11.0 Å². The molecule has 254 valence electrons. The van der Waals surface area contributed by atoms with Crippen molar-refractivity contribution in [2.75, 3.05) is 44.2 Å². The summed E-state index contributed by atoms with van der Waals surface area (Å²) in [4.78, 5) is 28.4. The molecule has 0 N–H and O–H groups in total. The van der Waals surface area contributed by atoms with E-state index >= 15 is 0 Å². The van der Waals surface area contributed by atoms with Crippen molar-refractivity contribution in [2.45, 2.75) is 71.8 Å². The summed E-state index contributed by atoms with van der Waals surface area (Å²) in [5, 5.41) is 11.8. The van der Waals surface area contributed by atoms with Gasteiger partial charge in [0.05, 0.1) is 11.8 Å². The zero-order valence-electron chi connectivity index (χ0n) is 27.7. The number of hydrogen-bond donors (Lipinski definition) is 0. The minimum absolute atomic E-state index is 0.192. The number of aryl methyl sites for hydroxylation is 1. The Balaban J connectivity index is 0.962. The maximum Gasteiger partial charge on any atom is 0.410 e. The van der Waals surface area contributed by atoms with Crippen LogP contribution in [0.2, 0.25) is 0 Å². The Kier molecular flexibility index (Phi) is 8.10. The smallest absolute Gasteiger partial charge is 0.410 e. The highest BCUT2D eigenvalue weighted by molar-refractivity contribution is 7.18. The molecule has 1 amide bonds. The van der Waals surface area contributed by atoms with Gasteiger partial charge in [-0.15, -0.1) is 11.3 Å². The highest BCUT2D eigenvalue weighted by Gasteiger charge is 2.46. The molecule has 0 bridgehead atoms. The van der Waals surface area contributed by atoms with Gasteiger partial charge in [-0.25, -0.2) is 14.8 Å². The molecule has 6 heterocycles. The lowest BCUT2D eigenvalue weighted by Gasteiger charge is -2.54. The van der Waals surface area contributed by atoms with Crippen LogP contribution in [0.4, 0.5) is 23.8 Å². The van der Waals surface area contributed by atoms with Gasteiger partial charge in [0.25, 0.3) is 0 Å². The number of piperidine rings is 1. The first kappa shape index (κ1) is 32.6. The fraction of sp³-hybridized carbons (Fsp3) is 0.543. The normalized spacial score (nSPS) is 18.7. The van der Waals surface area contributed by atoms with Gasteiger partial charge >= 0.3 is 12.3 Å². The maximum atomic E-state index is 13.0. The summed E-state index contributed by atoms with van der Waals surface area (Å²) >= 11 is 1.09. The number of hydrogen-bond acceptors (Lipinski definition) is 8. The van der Waals surface area contributed by atoms with E-state index in [0.717, 1.165) is 73.6 Å². The Morgan fingerprint density at radius 2 is 1.83 bits per heavy atom. The van der Waals surface area contributed by atoms with Crippen LogP contribution in [-0.4, -0.2) is 81.5 Å². The molecular formula is C35H40F3N7O2S. The number of benzene rings is 1. The molecule has 0 unspecified atom stereocenters. The van der Waals surface area contributed by atoms with Crippen LogP contribution in [0.1, 0.15) is 55.3 Å². The minimum atomic E-state index is -4.25. The molecule has 0 saturated carbocycles. The molecule has 3 fully saturated rings. The topological polar surface area (TPSA) is 90.5 Å². The molecule has 13 heteroatoms. The van der Waals surface area contributed by atoms with E-state index in [1.807, 2.05) is 26.8 Å². The third kappa shape index (κ3) is 6.44. The Labute approximate surface area is 281 Å². The first-order valence-electron chi connectivity index (χ1n) is 16.5. The average Bonchev–Trinajstić information content (AvgIpc) is 3.54. The molecule has 0 radical (unpaired) electrons. The van der Waals surface area contributed by atoms with E-state index in [-0.39, 0.29) is 22.3 Å². The zero-order valence-corrected chi connectivity index (χ0v) is 28.5. The number of fused-ring (bicyclic) bond motifs is 2. The summed E-state index contributed by atoms with van der Waals surface area (Å²) < 4.78 is 46.6. The average molecular weight is 680 g/mol. The third-order valence-corrected chi connectivity index (χ3v) is 11.1. The second-order valence-corrected chi connectivity index (χ2v) is 16.0. The van der Waals surface area contributed by atoms with E-state index in [4.69, 9.17) is 4.74 Å². The summed E-state index contributed by atoms with van der Waals surface area (Å²) in [6.45, 7) is 14.1. The van der Waals surface area contributed by atoms with Gasteiger partial charge in [-0.05, 0) is 83.0 Å². The zero-order chi connectivity index (χ0) is 34.0. The summed E-state index contributed by atoms with van der Waals surface area (Å²) in [5.74, 6) is 1.00. The number of nitrogens with zero attached hydrogens (tertiary/aromatic N) is 7. The number of likely N-dealkylation sites (tertiary alicyclic amines) is 2. The number of thiophene rings is 1. The van der Waals surface area contributed by atoms with Crippen LogP contribution < -0.4 is 4.90 Å². The van der Waals surface area contributed by atoms with Crippen molar-refractivity contribution in [1.29, 1.82) is 5.26 Å². The predicted octanol–water partition coefficient (Wildman–Crippen LogP) is 6.90. The molecule has 1 aromatic carbocycles. The molecule has 7 rings (SSSR count). The molecule has 3 aliphatic heterocycles. The number of alkyl halides is 3. The van der Waals surface area contributed by atoms with Crippen LogP contribution in [0, 0.1) is 29.6 Å². The standard InChI is InChI=1S/C35H40F3N7O2S/c1-22-24(5-6-29-27(22)11-25(14-39)45(29)17-23-15-43(16-23)32(46)47-33(2,3)4)18-42-9-7-34(8-10-42)19-44(20-34)30-28-12-26(13-35(36,37)38)48-31(28)41-21-40-30/h5-6,11-12,21,23H,7-10,13,15-20H2,1-4H3. The quantitative estimate of drug-likeness (QED) is 0.219. The van der Waals surface area contributed by atoms with Crippen LogP contribution in [0.25, 0.3) is 21.1 Å². The summed E-state index contributed by atoms with van der Waals surface area (Å²) in [6, 6.07) is 10.3. The number of rotatable bonds is 6. The first-order chi connectivity index (χ1) is 22.7. The molecule has 3 aliphatic rings. The van der Waals surface area contributed by atoms with Gasteiger partial charge in [-0.2, -0.15) is 18.4 Å². The van der Waals surface area contributed by atoms with Crippen molar-refractivity contribution in [3.63, 3.8) is 0 Å². The lowest BCUT2D eigenvalue weighted by atomic mass is 9.72. The number of aromatic nitrogens is 3. The number of nitriles is 1. The molecule has 48 heavy (non-hydrogen) atoms. The molecule has 4 aromatic rings. The van der Waals surface area contributed by atoms with E-state index in [0.29, 0.717) is 35.5 Å². The lowest BCUT2D eigenvalue weighted by molar-refractivity contribution is -0.126. The molecular weight excluding hydrogens is 639 g/mol. The van der Waals surface area contributed by atoms with E-state index < -0.39 is 18.2 Å². The predicted molar refractivity (Wildman–Crippen MR) is 179 cm³/mol. The SMILES string of the molecule is Cc1c(CN2CCC3(CC2)CN(c2ncnc4sc(CC(F)(F)F)cc24)C3)ccc2c1cc(C#N)n2CC1CN(C(=O)OC(C)(C)C)C1. The molecule has 9 nitrogen and oxygen atoms in total. The van der Waals surface area contributed by atoms with Gasteiger partial charge in [0, 0.05) is 66.4 Å². The van der Waals surface area contributed by atoms with Crippen LogP contribution in [0.5, 0.6) is 0 Å². The largest absolute Gasteiger partial charge is 0.444 e.